The van der Waals surface area contributed by atoms with Gasteiger partial charge < -0.3 is 24.3 Å². The number of rotatable bonds is 6. The fraction of sp³-hybridized carbons (Fsp3) is 0.407. The van der Waals surface area contributed by atoms with Crippen molar-refractivity contribution in [2.45, 2.75) is 50.4 Å². The summed E-state index contributed by atoms with van der Waals surface area (Å²) in [5.74, 6) is 0.0409. The van der Waals surface area contributed by atoms with Crippen LogP contribution >= 0.6 is 0 Å². The van der Waals surface area contributed by atoms with Crippen LogP contribution in [0, 0.1) is 0 Å². The lowest BCUT2D eigenvalue weighted by Gasteiger charge is -2.28. The van der Waals surface area contributed by atoms with Gasteiger partial charge >= 0.3 is 12.1 Å². The van der Waals surface area contributed by atoms with Crippen molar-refractivity contribution in [3.63, 3.8) is 0 Å². The Kier molecular flexibility index (Phi) is 5.77. The predicted molar refractivity (Wildman–Crippen MR) is 127 cm³/mol. The smallest absolute Gasteiger partial charge is 0.416 e. The maximum absolute atomic E-state index is 14.0. The van der Waals surface area contributed by atoms with E-state index in [1.807, 2.05) is 17.2 Å². The Bertz CT molecular complexity index is 1320. The van der Waals surface area contributed by atoms with Crippen LogP contribution in [0.1, 0.15) is 59.1 Å². The number of alkyl halides is 3. The molecule has 0 aromatic heterocycles. The van der Waals surface area contributed by atoms with E-state index >= 15 is 0 Å². The molecule has 3 heterocycles. The molecular formula is C27H25F3N2O5. The van der Waals surface area contributed by atoms with E-state index in [0.29, 0.717) is 61.6 Å². The van der Waals surface area contributed by atoms with Crippen LogP contribution in [0.5, 0.6) is 11.5 Å². The number of hydrogen-bond acceptors (Lipinski definition) is 6. The molecule has 194 valence electrons. The average molecular weight is 515 g/mol. The van der Waals surface area contributed by atoms with E-state index in [1.165, 1.54) is 12.1 Å². The first-order chi connectivity index (χ1) is 17.8. The first kappa shape index (κ1) is 23.7. The first-order valence-electron chi connectivity index (χ1n) is 12.3. The Labute approximate surface area is 211 Å². The number of oxime groups is 1. The van der Waals surface area contributed by atoms with Gasteiger partial charge in [0, 0.05) is 48.8 Å². The highest BCUT2D eigenvalue weighted by atomic mass is 19.4. The summed E-state index contributed by atoms with van der Waals surface area (Å²) in [5, 5.41) is 13.1. The molecule has 4 aliphatic rings. The number of carbonyl (C=O) groups is 1. The minimum absolute atomic E-state index is 0.0116. The molecule has 0 spiro atoms. The molecule has 0 amide bonds. The fourth-order valence-corrected chi connectivity index (χ4v) is 5.68. The minimum atomic E-state index is -4.46. The Balaban J connectivity index is 1.26. The summed E-state index contributed by atoms with van der Waals surface area (Å²) in [6, 6.07) is 8.03. The molecule has 2 aromatic rings. The summed E-state index contributed by atoms with van der Waals surface area (Å²) >= 11 is 0. The Morgan fingerprint density at radius 2 is 2.03 bits per heavy atom. The Morgan fingerprint density at radius 1 is 1.19 bits per heavy atom. The highest BCUT2D eigenvalue weighted by Gasteiger charge is 2.38. The molecule has 2 aromatic carbocycles. The molecule has 37 heavy (non-hydrogen) atoms. The second-order valence-corrected chi connectivity index (χ2v) is 9.79. The van der Waals surface area contributed by atoms with Crippen molar-refractivity contribution in [1.29, 1.82) is 0 Å². The second kappa shape index (κ2) is 9.00. The minimum Gasteiger partial charge on any atom is -0.492 e. The standard InChI is InChI=1S/C27H25F3N2O5/c28-27(29,30)22-5-3-20-19(21(22)12-32-8-7-23-16(11-32)14-36-31-23)4-6-24(20)37-17-1-2-18-15(9-26(33)34)13-35-25(18)10-17/h1-3,5,10-11,15,24H,4,6-9,12-14H2,(H,33,34)/t15-,24-/m1/s1. The number of carboxylic acid groups (broad SMARTS) is 1. The van der Waals surface area contributed by atoms with Crippen LogP contribution in [0.2, 0.25) is 0 Å². The number of benzene rings is 2. The van der Waals surface area contributed by atoms with Gasteiger partial charge in [0.15, 0.2) is 0 Å². The van der Waals surface area contributed by atoms with E-state index in [0.717, 1.165) is 22.4 Å². The second-order valence-electron chi connectivity index (χ2n) is 9.79. The van der Waals surface area contributed by atoms with Crippen molar-refractivity contribution < 1.29 is 37.4 Å². The topological polar surface area (TPSA) is 80.6 Å². The van der Waals surface area contributed by atoms with Gasteiger partial charge in [0.05, 0.1) is 24.3 Å². The van der Waals surface area contributed by atoms with E-state index in [2.05, 4.69) is 5.16 Å². The molecular weight excluding hydrogens is 489 g/mol. The van der Waals surface area contributed by atoms with Gasteiger partial charge in [0.2, 0.25) is 0 Å². The van der Waals surface area contributed by atoms with E-state index in [4.69, 9.17) is 19.4 Å². The number of halogens is 3. The highest BCUT2D eigenvalue weighted by molar-refractivity contribution is 6.01. The van der Waals surface area contributed by atoms with Gasteiger partial charge in [-0.25, -0.2) is 0 Å². The quantitative estimate of drug-likeness (QED) is 0.571. The molecule has 6 rings (SSSR count). The van der Waals surface area contributed by atoms with E-state index in [1.54, 1.807) is 12.1 Å². The van der Waals surface area contributed by atoms with Crippen LogP contribution in [0.4, 0.5) is 13.2 Å². The zero-order chi connectivity index (χ0) is 25.7. The lowest BCUT2D eigenvalue weighted by Crippen LogP contribution is -2.28. The van der Waals surface area contributed by atoms with Crippen LogP contribution < -0.4 is 9.47 Å². The molecule has 0 radical (unpaired) electrons. The van der Waals surface area contributed by atoms with Gasteiger partial charge in [-0.1, -0.05) is 17.3 Å². The number of ether oxygens (including phenoxy) is 2. The van der Waals surface area contributed by atoms with Crippen molar-refractivity contribution in [2.24, 2.45) is 5.16 Å². The lowest BCUT2D eigenvalue weighted by molar-refractivity contribution is -0.139. The molecule has 0 saturated heterocycles. The molecule has 3 aliphatic heterocycles. The van der Waals surface area contributed by atoms with E-state index in [-0.39, 0.29) is 25.0 Å². The van der Waals surface area contributed by atoms with Gasteiger partial charge in [-0.05, 0) is 41.7 Å². The Morgan fingerprint density at radius 3 is 2.84 bits per heavy atom. The van der Waals surface area contributed by atoms with Gasteiger partial charge in [-0.2, -0.15) is 13.2 Å². The fourth-order valence-electron chi connectivity index (χ4n) is 5.68. The van der Waals surface area contributed by atoms with Gasteiger partial charge in [-0.3, -0.25) is 4.79 Å². The summed E-state index contributed by atoms with van der Waals surface area (Å²) in [4.78, 5) is 18.1. The number of nitrogens with zero attached hydrogens (tertiary/aromatic N) is 2. The zero-order valence-corrected chi connectivity index (χ0v) is 19.9. The molecule has 0 fully saturated rings. The molecule has 0 saturated carbocycles. The van der Waals surface area contributed by atoms with Crippen LogP contribution in [0.15, 0.2) is 47.3 Å². The summed E-state index contributed by atoms with van der Waals surface area (Å²) in [6.45, 7) is 1.37. The van der Waals surface area contributed by atoms with Crippen molar-refractivity contribution in [3.05, 3.63) is 69.9 Å². The summed E-state index contributed by atoms with van der Waals surface area (Å²) in [5.41, 5.74) is 3.76. The number of hydrogen-bond donors (Lipinski definition) is 1. The third-order valence-electron chi connectivity index (χ3n) is 7.44. The normalized spacial score (nSPS) is 21.9. The number of carboxylic acids is 1. The van der Waals surface area contributed by atoms with Crippen molar-refractivity contribution >= 4 is 11.7 Å². The molecule has 1 N–H and O–H groups in total. The highest BCUT2D eigenvalue weighted by Crippen LogP contribution is 2.44. The van der Waals surface area contributed by atoms with Crippen LogP contribution in [0.25, 0.3) is 0 Å². The van der Waals surface area contributed by atoms with Crippen molar-refractivity contribution in [2.75, 3.05) is 19.8 Å². The van der Waals surface area contributed by atoms with Gasteiger partial charge in [0.25, 0.3) is 0 Å². The Hall–Kier alpha value is -3.69. The third-order valence-corrected chi connectivity index (χ3v) is 7.44. The maximum Gasteiger partial charge on any atom is 0.416 e. The number of fused-ring (bicyclic) bond motifs is 3. The van der Waals surface area contributed by atoms with Gasteiger partial charge in [-0.15, -0.1) is 0 Å². The van der Waals surface area contributed by atoms with Crippen molar-refractivity contribution in [1.82, 2.24) is 4.90 Å². The third kappa shape index (κ3) is 4.49. The van der Waals surface area contributed by atoms with Crippen LogP contribution in [-0.2, 0) is 28.8 Å². The van der Waals surface area contributed by atoms with Gasteiger partial charge in [0.1, 0.15) is 24.2 Å². The van der Waals surface area contributed by atoms with Crippen LogP contribution in [0.3, 0.4) is 0 Å². The predicted octanol–water partition coefficient (Wildman–Crippen LogP) is 5.20. The SMILES string of the molecule is O=C(O)C[C@@H]1COc2cc(O[C@@H]3CCc4c3ccc(C(F)(F)F)c4CN3C=C4CON=C4CC3)ccc21. The van der Waals surface area contributed by atoms with E-state index in [9.17, 15) is 18.0 Å². The van der Waals surface area contributed by atoms with E-state index < -0.39 is 17.7 Å². The summed E-state index contributed by atoms with van der Waals surface area (Å²) in [6.07, 6.45) is -1.30. The first-order valence-corrected chi connectivity index (χ1v) is 12.3. The number of aliphatic carboxylic acids is 1. The zero-order valence-electron chi connectivity index (χ0n) is 19.9. The van der Waals surface area contributed by atoms with Crippen LogP contribution in [-0.4, -0.2) is 41.4 Å². The largest absolute Gasteiger partial charge is 0.492 e. The molecule has 1 aliphatic carbocycles. The maximum atomic E-state index is 14.0. The average Bonchev–Trinajstić information content (AvgIpc) is 3.57. The lowest BCUT2D eigenvalue weighted by atomic mass is 9.95. The summed E-state index contributed by atoms with van der Waals surface area (Å²) in [7, 11) is 0. The molecule has 0 bridgehead atoms. The summed E-state index contributed by atoms with van der Waals surface area (Å²) < 4.78 is 54.0. The monoisotopic (exact) mass is 514 g/mol. The molecule has 2 atom stereocenters. The van der Waals surface area contributed by atoms with Crippen molar-refractivity contribution in [3.8, 4) is 11.5 Å². The molecule has 10 heteroatoms. The molecule has 0 unspecified atom stereocenters. The molecule has 7 nitrogen and oxygen atoms in total.